The molecule has 1 aliphatic heterocycles. The van der Waals surface area contributed by atoms with Crippen molar-refractivity contribution in [1.29, 1.82) is 0 Å². The van der Waals surface area contributed by atoms with Crippen LogP contribution in [0.4, 0.5) is 0 Å². The maximum atomic E-state index is 12.2. The summed E-state index contributed by atoms with van der Waals surface area (Å²) in [5.74, 6) is -0.626. The van der Waals surface area contributed by atoms with Gasteiger partial charge in [-0.05, 0) is 23.3 Å². The highest BCUT2D eigenvalue weighted by Crippen LogP contribution is 2.20. The van der Waals surface area contributed by atoms with Crippen LogP contribution in [0.3, 0.4) is 0 Å². The van der Waals surface area contributed by atoms with Gasteiger partial charge in [-0.1, -0.05) is 54.1 Å². The highest BCUT2D eigenvalue weighted by Gasteiger charge is 2.34. The van der Waals surface area contributed by atoms with Gasteiger partial charge in [0, 0.05) is 24.5 Å². The van der Waals surface area contributed by atoms with Gasteiger partial charge in [0.25, 0.3) is 0 Å². The van der Waals surface area contributed by atoms with Crippen LogP contribution in [0.15, 0.2) is 59.7 Å². The minimum Gasteiger partial charge on any atom is -0.338 e. The molecule has 1 unspecified atom stereocenters. The van der Waals surface area contributed by atoms with Crippen molar-refractivity contribution >= 4 is 29.6 Å². The summed E-state index contributed by atoms with van der Waals surface area (Å²) in [7, 11) is 0. The molecule has 2 aromatic rings. The SMILES string of the molecule is O=C(N/N=C/c1ccc(Cl)cc1)C1CC(=O)N(Cc2ccccc2)C1. The number of nitrogens with zero attached hydrogens (tertiary/aromatic N) is 2. The number of rotatable bonds is 5. The van der Waals surface area contributed by atoms with E-state index in [4.69, 9.17) is 11.6 Å². The Hall–Kier alpha value is -2.66. The van der Waals surface area contributed by atoms with Crippen LogP contribution in [0.5, 0.6) is 0 Å². The van der Waals surface area contributed by atoms with Gasteiger partial charge in [-0.2, -0.15) is 5.10 Å². The number of carbonyl (C=O) groups is 2. The molecule has 128 valence electrons. The van der Waals surface area contributed by atoms with E-state index in [9.17, 15) is 9.59 Å². The van der Waals surface area contributed by atoms with E-state index in [1.165, 1.54) is 0 Å². The van der Waals surface area contributed by atoms with Gasteiger partial charge in [-0.25, -0.2) is 5.43 Å². The summed E-state index contributed by atoms with van der Waals surface area (Å²) in [5, 5.41) is 4.60. The molecule has 3 rings (SSSR count). The molecular weight excluding hydrogens is 338 g/mol. The summed E-state index contributed by atoms with van der Waals surface area (Å²) in [5.41, 5.74) is 4.40. The molecule has 25 heavy (non-hydrogen) atoms. The van der Waals surface area contributed by atoms with Gasteiger partial charge in [-0.15, -0.1) is 0 Å². The van der Waals surface area contributed by atoms with E-state index in [-0.39, 0.29) is 24.2 Å². The van der Waals surface area contributed by atoms with Crippen LogP contribution in [-0.2, 0) is 16.1 Å². The largest absolute Gasteiger partial charge is 0.338 e. The molecular formula is C19H18ClN3O2. The first kappa shape index (κ1) is 17.2. The minimum absolute atomic E-state index is 0.00863. The fourth-order valence-corrected chi connectivity index (χ4v) is 2.84. The molecule has 1 aliphatic rings. The predicted molar refractivity (Wildman–Crippen MR) is 97.2 cm³/mol. The van der Waals surface area contributed by atoms with Gasteiger partial charge in [0.1, 0.15) is 0 Å². The zero-order valence-corrected chi connectivity index (χ0v) is 14.3. The molecule has 6 heteroatoms. The molecule has 0 bridgehead atoms. The van der Waals surface area contributed by atoms with Crippen molar-refractivity contribution < 1.29 is 9.59 Å². The second-order valence-corrected chi connectivity index (χ2v) is 6.38. The van der Waals surface area contributed by atoms with E-state index in [1.54, 1.807) is 35.4 Å². The van der Waals surface area contributed by atoms with Gasteiger partial charge in [-0.3, -0.25) is 9.59 Å². The third-order valence-corrected chi connectivity index (χ3v) is 4.31. The van der Waals surface area contributed by atoms with Crippen LogP contribution >= 0.6 is 11.6 Å². The Morgan fingerprint density at radius 1 is 1.20 bits per heavy atom. The Bertz CT molecular complexity index is 775. The summed E-state index contributed by atoms with van der Waals surface area (Å²) >= 11 is 5.82. The maximum Gasteiger partial charge on any atom is 0.245 e. The third-order valence-electron chi connectivity index (χ3n) is 4.06. The topological polar surface area (TPSA) is 61.8 Å². The van der Waals surface area contributed by atoms with Crippen LogP contribution in [0.2, 0.25) is 5.02 Å². The number of likely N-dealkylation sites (tertiary alicyclic amines) is 1. The standard InChI is InChI=1S/C19H18ClN3O2/c20-17-8-6-14(7-9-17)11-21-22-19(25)16-10-18(24)23(13-16)12-15-4-2-1-3-5-15/h1-9,11,16H,10,12-13H2,(H,22,25)/b21-11+. The van der Waals surface area contributed by atoms with Crippen molar-refractivity contribution in [2.24, 2.45) is 11.0 Å². The van der Waals surface area contributed by atoms with Gasteiger partial charge >= 0.3 is 0 Å². The summed E-state index contributed by atoms with van der Waals surface area (Å²) in [6.07, 6.45) is 1.77. The normalized spacial score (nSPS) is 17.2. The number of amides is 2. The van der Waals surface area contributed by atoms with Crippen LogP contribution in [0, 0.1) is 5.92 Å². The Balaban J connectivity index is 1.53. The summed E-state index contributed by atoms with van der Waals surface area (Å²) < 4.78 is 0. The highest BCUT2D eigenvalue weighted by atomic mass is 35.5. The average molecular weight is 356 g/mol. The lowest BCUT2D eigenvalue weighted by atomic mass is 10.1. The molecule has 1 atom stereocenters. The summed E-state index contributed by atoms with van der Waals surface area (Å²) in [6.45, 7) is 0.938. The van der Waals surface area contributed by atoms with Crippen LogP contribution in [0.25, 0.3) is 0 Å². The number of hydrogen-bond donors (Lipinski definition) is 1. The Kier molecular flexibility index (Phi) is 5.46. The summed E-state index contributed by atoms with van der Waals surface area (Å²) in [6, 6.07) is 16.9. The Labute approximate surface area is 151 Å². The first-order valence-corrected chi connectivity index (χ1v) is 8.40. The van der Waals surface area contributed by atoms with Crippen molar-refractivity contribution in [2.75, 3.05) is 6.54 Å². The molecule has 0 aliphatic carbocycles. The zero-order chi connectivity index (χ0) is 17.6. The van der Waals surface area contributed by atoms with Crippen molar-refractivity contribution in [3.63, 3.8) is 0 Å². The molecule has 1 fully saturated rings. The number of nitrogens with one attached hydrogen (secondary N) is 1. The lowest BCUT2D eigenvalue weighted by Crippen LogP contribution is -2.30. The third kappa shape index (κ3) is 4.67. The Morgan fingerprint density at radius 2 is 1.92 bits per heavy atom. The maximum absolute atomic E-state index is 12.2. The Morgan fingerprint density at radius 3 is 2.64 bits per heavy atom. The van der Waals surface area contributed by atoms with Gasteiger partial charge in [0.2, 0.25) is 11.8 Å². The van der Waals surface area contributed by atoms with Crippen LogP contribution in [0.1, 0.15) is 17.5 Å². The number of benzene rings is 2. The van der Waals surface area contributed by atoms with Crippen molar-refractivity contribution in [3.05, 3.63) is 70.7 Å². The van der Waals surface area contributed by atoms with Crippen molar-refractivity contribution in [1.82, 2.24) is 10.3 Å². The molecule has 5 nitrogen and oxygen atoms in total. The van der Waals surface area contributed by atoms with E-state index in [0.29, 0.717) is 18.1 Å². The van der Waals surface area contributed by atoms with Crippen molar-refractivity contribution in [2.45, 2.75) is 13.0 Å². The predicted octanol–water partition coefficient (Wildman–Crippen LogP) is 2.84. The quantitative estimate of drug-likeness (QED) is 0.662. The lowest BCUT2D eigenvalue weighted by Gasteiger charge is -2.16. The van der Waals surface area contributed by atoms with Crippen LogP contribution in [-0.4, -0.2) is 29.5 Å². The fourth-order valence-electron chi connectivity index (χ4n) is 2.71. The van der Waals surface area contributed by atoms with Crippen molar-refractivity contribution in [3.8, 4) is 0 Å². The molecule has 1 N–H and O–H groups in total. The minimum atomic E-state index is -0.376. The van der Waals surface area contributed by atoms with E-state index in [2.05, 4.69) is 10.5 Å². The molecule has 1 saturated heterocycles. The van der Waals surface area contributed by atoms with E-state index in [0.717, 1.165) is 11.1 Å². The van der Waals surface area contributed by atoms with Gasteiger partial charge < -0.3 is 4.90 Å². The number of carbonyl (C=O) groups excluding carboxylic acids is 2. The van der Waals surface area contributed by atoms with Crippen LogP contribution < -0.4 is 5.43 Å². The zero-order valence-electron chi connectivity index (χ0n) is 13.6. The monoisotopic (exact) mass is 355 g/mol. The first-order valence-electron chi connectivity index (χ1n) is 8.02. The number of halogens is 1. The average Bonchev–Trinajstić information content (AvgIpc) is 2.98. The number of hydrazone groups is 1. The molecule has 0 saturated carbocycles. The lowest BCUT2D eigenvalue weighted by molar-refractivity contribution is -0.129. The van der Waals surface area contributed by atoms with E-state index >= 15 is 0 Å². The summed E-state index contributed by atoms with van der Waals surface area (Å²) in [4.78, 5) is 26.0. The molecule has 0 spiro atoms. The first-order chi connectivity index (χ1) is 12.1. The molecule has 0 radical (unpaired) electrons. The fraction of sp³-hybridized carbons (Fsp3) is 0.211. The molecule has 2 amide bonds. The second kappa shape index (κ2) is 7.94. The highest BCUT2D eigenvalue weighted by molar-refractivity contribution is 6.30. The van der Waals surface area contributed by atoms with Gasteiger partial charge in [0.05, 0.1) is 12.1 Å². The second-order valence-electron chi connectivity index (χ2n) is 5.95. The molecule has 1 heterocycles. The number of hydrogen-bond acceptors (Lipinski definition) is 3. The van der Waals surface area contributed by atoms with E-state index < -0.39 is 0 Å². The molecule has 2 aromatic carbocycles. The smallest absolute Gasteiger partial charge is 0.245 e. The van der Waals surface area contributed by atoms with Gasteiger partial charge in [0.15, 0.2) is 0 Å². The molecule has 0 aromatic heterocycles. The van der Waals surface area contributed by atoms with E-state index in [1.807, 2.05) is 30.3 Å².